The van der Waals surface area contributed by atoms with Crippen LogP contribution in [0.3, 0.4) is 0 Å². The molecule has 2 heteroatoms. The van der Waals surface area contributed by atoms with Gasteiger partial charge in [-0.05, 0) is 17.8 Å². The normalized spacial score (nSPS) is 14.5. The van der Waals surface area contributed by atoms with Gasteiger partial charge in [0.15, 0.2) is 0 Å². The van der Waals surface area contributed by atoms with Crippen molar-refractivity contribution >= 4 is 5.78 Å². The minimum absolute atomic E-state index is 0.0531. The van der Waals surface area contributed by atoms with Gasteiger partial charge in [-0.3, -0.25) is 4.79 Å². The molecule has 0 aliphatic heterocycles. The fourth-order valence-electron chi connectivity index (χ4n) is 1.46. The molecule has 1 unspecified atom stereocenters. The Labute approximate surface area is 88.3 Å². The van der Waals surface area contributed by atoms with E-state index in [0.29, 0.717) is 24.7 Å². The zero-order valence-electron chi connectivity index (χ0n) is 10.3. The van der Waals surface area contributed by atoms with Crippen molar-refractivity contribution in [2.45, 2.75) is 47.5 Å². The van der Waals surface area contributed by atoms with Crippen molar-refractivity contribution in [1.29, 1.82) is 0 Å². The second kappa shape index (κ2) is 5.50. The summed E-state index contributed by atoms with van der Waals surface area (Å²) in [5, 5.41) is 0. The zero-order valence-corrected chi connectivity index (χ0v) is 10.3. The third-order valence-corrected chi connectivity index (χ3v) is 2.59. The summed E-state index contributed by atoms with van der Waals surface area (Å²) in [5.41, 5.74) is 5.83. The van der Waals surface area contributed by atoms with Crippen LogP contribution in [0, 0.1) is 17.3 Å². The molecule has 84 valence electrons. The number of rotatable bonds is 5. The molecule has 0 saturated heterocycles. The maximum Gasteiger partial charge on any atom is 0.137 e. The monoisotopic (exact) mass is 199 g/mol. The highest BCUT2D eigenvalue weighted by Gasteiger charge is 2.22. The van der Waals surface area contributed by atoms with E-state index in [0.717, 1.165) is 6.42 Å². The highest BCUT2D eigenvalue weighted by Crippen LogP contribution is 2.23. The van der Waals surface area contributed by atoms with Crippen LogP contribution in [0.4, 0.5) is 0 Å². The van der Waals surface area contributed by atoms with Crippen LogP contribution in [-0.4, -0.2) is 12.3 Å². The summed E-state index contributed by atoms with van der Waals surface area (Å²) in [6.07, 6.45) is 1.62. The van der Waals surface area contributed by atoms with Crippen molar-refractivity contribution in [1.82, 2.24) is 0 Å². The van der Waals surface area contributed by atoms with E-state index < -0.39 is 0 Å². The van der Waals surface area contributed by atoms with Crippen LogP contribution in [0.25, 0.3) is 0 Å². The molecule has 0 saturated carbocycles. The lowest BCUT2D eigenvalue weighted by Crippen LogP contribution is -2.29. The number of nitrogens with two attached hydrogens (primary N) is 1. The number of carbonyl (C=O) groups is 1. The Morgan fingerprint density at radius 3 is 2.07 bits per heavy atom. The minimum atomic E-state index is 0.0531. The maximum absolute atomic E-state index is 11.8. The summed E-state index contributed by atoms with van der Waals surface area (Å²) in [5.74, 6) is 0.752. The Morgan fingerprint density at radius 2 is 1.79 bits per heavy atom. The topological polar surface area (TPSA) is 43.1 Å². The Hall–Kier alpha value is -0.370. The van der Waals surface area contributed by atoms with E-state index in [2.05, 4.69) is 34.6 Å². The first kappa shape index (κ1) is 13.6. The molecule has 2 nitrogen and oxygen atoms in total. The van der Waals surface area contributed by atoms with Crippen LogP contribution in [0.1, 0.15) is 47.5 Å². The molecule has 0 aliphatic rings. The standard InChI is InChI=1S/C12H25NO/c1-9(2)10(8-13)11(14)6-7-12(3,4)5/h9-10H,6-8,13H2,1-5H3. The van der Waals surface area contributed by atoms with Crippen molar-refractivity contribution < 1.29 is 4.79 Å². The molecule has 0 aromatic carbocycles. The Bertz CT molecular complexity index is 179. The van der Waals surface area contributed by atoms with Crippen LogP contribution in [-0.2, 0) is 4.79 Å². The van der Waals surface area contributed by atoms with Crippen molar-refractivity contribution in [2.24, 2.45) is 23.0 Å². The summed E-state index contributed by atoms with van der Waals surface area (Å²) in [6, 6.07) is 0. The Balaban J connectivity index is 4.06. The molecule has 1 atom stereocenters. The lowest BCUT2D eigenvalue weighted by atomic mass is 9.84. The van der Waals surface area contributed by atoms with Gasteiger partial charge in [0.25, 0.3) is 0 Å². The third kappa shape index (κ3) is 5.38. The molecule has 0 fully saturated rings. The molecule has 0 aromatic heterocycles. The number of ketones is 1. The molecule has 0 bridgehead atoms. The van der Waals surface area contributed by atoms with Crippen LogP contribution in [0.5, 0.6) is 0 Å². The van der Waals surface area contributed by atoms with Crippen molar-refractivity contribution in [3.63, 3.8) is 0 Å². The number of hydrogen-bond donors (Lipinski definition) is 1. The number of hydrogen-bond acceptors (Lipinski definition) is 2. The summed E-state index contributed by atoms with van der Waals surface area (Å²) in [6.45, 7) is 11.1. The summed E-state index contributed by atoms with van der Waals surface area (Å²) < 4.78 is 0. The second-order valence-electron chi connectivity index (χ2n) is 5.61. The fourth-order valence-corrected chi connectivity index (χ4v) is 1.46. The van der Waals surface area contributed by atoms with Gasteiger partial charge in [0.05, 0.1) is 0 Å². The predicted molar refractivity (Wildman–Crippen MR) is 61.1 cm³/mol. The van der Waals surface area contributed by atoms with E-state index in [1.165, 1.54) is 0 Å². The van der Waals surface area contributed by atoms with E-state index in [1.54, 1.807) is 0 Å². The predicted octanol–water partition coefficient (Wildman–Crippen LogP) is 2.61. The average Bonchev–Trinajstić information content (AvgIpc) is 2.00. The molecule has 14 heavy (non-hydrogen) atoms. The van der Waals surface area contributed by atoms with Crippen molar-refractivity contribution in [2.75, 3.05) is 6.54 Å². The first-order chi connectivity index (χ1) is 6.28. The lowest BCUT2D eigenvalue weighted by molar-refractivity contribution is -0.124. The quantitative estimate of drug-likeness (QED) is 0.739. The average molecular weight is 199 g/mol. The van der Waals surface area contributed by atoms with Gasteiger partial charge in [0.1, 0.15) is 5.78 Å². The van der Waals surface area contributed by atoms with Crippen molar-refractivity contribution in [3.8, 4) is 0 Å². The van der Waals surface area contributed by atoms with E-state index in [-0.39, 0.29) is 11.3 Å². The Morgan fingerprint density at radius 1 is 1.29 bits per heavy atom. The fraction of sp³-hybridized carbons (Fsp3) is 0.917. The van der Waals surface area contributed by atoms with Gasteiger partial charge in [-0.2, -0.15) is 0 Å². The van der Waals surface area contributed by atoms with Gasteiger partial charge in [0, 0.05) is 18.9 Å². The van der Waals surface area contributed by atoms with E-state index in [1.807, 2.05) is 0 Å². The van der Waals surface area contributed by atoms with E-state index in [4.69, 9.17) is 5.73 Å². The molecule has 0 amide bonds. The summed E-state index contributed by atoms with van der Waals surface area (Å²) in [4.78, 5) is 11.8. The van der Waals surface area contributed by atoms with Crippen LogP contribution < -0.4 is 5.73 Å². The van der Waals surface area contributed by atoms with Gasteiger partial charge >= 0.3 is 0 Å². The van der Waals surface area contributed by atoms with Crippen LogP contribution >= 0.6 is 0 Å². The third-order valence-electron chi connectivity index (χ3n) is 2.59. The highest BCUT2D eigenvalue weighted by molar-refractivity contribution is 5.81. The van der Waals surface area contributed by atoms with E-state index >= 15 is 0 Å². The smallest absolute Gasteiger partial charge is 0.137 e. The van der Waals surface area contributed by atoms with E-state index in [9.17, 15) is 4.79 Å². The van der Waals surface area contributed by atoms with Gasteiger partial charge in [-0.25, -0.2) is 0 Å². The highest BCUT2D eigenvalue weighted by atomic mass is 16.1. The largest absolute Gasteiger partial charge is 0.330 e. The lowest BCUT2D eigenvalue weighted by Gasteiger charge is -2.21. The SMILES string of the molecule is CC(C)C(CN)C(=O)CCC(C)(C)C. The molecular weight excluding hydrogens is 174 g/mol. The number of Topliss-reactive ketones (excluding diaryl/α,β-unsaturated/α-hetero) is 1. The van der Waals surface area contributed by atoms with Crippen LogP contribution in [0.2, 0.25) is 0 Å². The van der Waals surface area contributed by atoms with Crippen LogP contribution in [0.15, 0.2) is 0 Å². The molecule has 0 radical (unpaired) electrons. The molecule has 0 spiro atoms. The minimum Gasteiger partial charge on any atom is -0.330 e. The zero-order chi connectivity index (χ0) is 11.4. The van der Waals surface area contributed by atoms with Gasteiger partial charge in [-0.15, -0.1) is 0 Å². The second-order valence-corrected chi connectivity index (χ2v) is 5.61. The molecule has 2 N–H and O–H groups in total. The van der Waals surface area contributed by atoms with Gasteiger partial charge in [0.2, 0.25) is 0 Å². The molecule has 0 rings (SSSR count). The van der Waals surface area contributed by atoms with Gasteiger partial charge in [-0.1, -0.05) is 34.6 Å². The summed E-state index contributed by atoms with van der Waals surface area (Å²) >= 11 is 0. The number of carbonyl (C=O) groups excluding carboxylic acids is 1. The van der Waals surface area contributed by atoms with Gasteiger partial charge < -0.3 is 5.73 Å². The first-order valence-electron chi connectivity index (χ1n) is 5.50. The molecule has 0 aromatic rings. The first-order valence-corrected chi connectivity index (χ1v) is 5.50. The molecule has 0 aliphatic carbocycles. The van der Waals surface area contributed by atoms with Crippen molar-refractivity contribution in [3.05, 3.63) is 0 Å². The molecular formula is C12H25NO. The maximum atomic E-state index is 11.8. The molecule has 0 heterocycles. The Kier molecular flexibility index (Phi) is 5.35. The summed E-state index contributed by atoms with van der Waals surface area (Å²) in [7, 11) is 0.